The van der Waals surface area contributed by atoms with Gasteiger partial charge in [0.1, 0.15) is 0 Å². The number of nitrogens with one attached hydrogen (secondary N) is 1. The molecule has 1 aromatic heterocycles. The normalized spacial score (nSPS) is 20.2. The van der Waals surface area contributed by atoms with Crippen molar-refractivity contribution in [3.05, 3.63) is 5.82 Å². The van der Waals surface area contributed by atoms with E-state index in [0.717, 1.165) is 18.8 Å². The van der Waals surface area contributed by atoms with Crippen molar-refractivity contribution in [2.45, 2.75) is 39.2 Å². The van der Waals surface area contributed by atoms with E-state index in [-0.39, 0.29) is 0 Å². The molecule has 1 heterocycles. The van der Waals surface area contributed by atoms with Crippen molar-refractivity contribution in [3.63, 3.8) is 0 Å². The van der Waals surface area contributed by atoms with E-state index in [1.807, 2.05) is 7.05 Å². The van der Waals surface area contributed by atoms with E-state index in [0.29, 0.717) is 11.5 Å². The van der Waals surface area contributed by atoms with Gasteiger partial charge in [0.2, 0.25) is 0 Å². The predicted molar refractivity (Wildman–Crippen MR) is 57.3 cm³/mol. The number of tetrazole rings is 1. The number of rotatable bonds is 5. The molecule has 1 atom stereocenters. The molecule has 0 bridgehead atoms. The molecule has 1 aliphatic carbocycles. The zero-order valence-electron chi connectivity index (χ0n) is 9.69. The van der Waals surface area contributed by atoms with Gasteiger partial charge in [-0.25, -0.2) is 0 Å². The van der Waals surface area contributed by atoms with Crippen LogP contribution in [0.4, 0.5) is 0 Å². The second-order valence-corrected chi connectivity index (χ2v) is 4.51. The highest BCUT2D eigenvalue weighted by Gasteiger charge is 2.47. The van der Waals surface area contributed by atoms with Crippen molar-refractivity contribution < 1.29 is 0 Å². The second kappa shape index (κ2) is 3.89. The van der Waals surface area contributed by atoms with Crippen LogP contribution in [0.25, 0.3) is 0 Å². The lowest BCUT2D eigenvalue weighted by molar-refractivity contribution is 0.349. The summed E-state index contributed by atoms with van der Waals surface area (Å²) >= 11 is 0. The van der Waals surface area contributed by atoms with Crippen LogP contribution in [0.1, 0.15) is 32.5 Å². The smallest absolute Gasteiger partial charge is 0.175 e. The van der Waals surface area contributed by atoms with Crippen molar-refractivity contribution >= 4 is 0 Å². The fourth-order valence-electron chi connectivity index (χ4n) is 2.16. The van der Waals surface area contributed by atoms with Crippen molar-refractivity contribution in [1.29, 1.82) is 0 Å². The maximum atomic E-state index is 4.25. The standard InChI is InChI=1S/C10H19N5/c1-4-11-8(2)10(5-6-10)7-9-12-14-15(3)13-9/h8,11H,4-7H2,1-3H3. The first-order valence-corrected chi connectivity index (χ1v) is 5.62. The van der Waals surface area contributed by atoms with E-state index in [1.165, 1.54) is 17.6 Å². The third-order valence-corrected chi connectivity index (χ3v) is 3.38. The van der Waals surface area contributed by atoms with Gasteiger partial charge in [-0.1, -0.05) is 6.92 Å². The fraction of sp³-hybridized carbons (Fsp3) is 0.900. The van der Waals surface area contributed by atoms with Crippen LogP contribution in [0.15, 0.2) is 0 Å². The van der Waals surface area contributed by atoms with Gasteiger partial charge in [-0.2, -0.15) is 4.80 Å². The Balaban J connectivity index is 1.99. The van der Waals surface area contributed by atoms with Crippen LogP contribution in [0.3, 0.4) is 0 Å². The van der Waals surface area contributed by atoms with E-state index < -0.39 is 0 Å². The van der Waals surface area contributed by atoms with Crippen molar-refractivity contribution in [2.75, 3.05) is 6.54 Å². The molecule has 5 nitrogen and oxygen atoms in total. The van der Waals surface area contributed by atoms with Crippen molar-refractivity contribution in [3.8, 4) is 0 Å². The molecule has 0 aliphatic heterocycles. The monoisotopic (exact) mass is 209 g/mol. The Morgan fingerprint density at radius 3 is 2.73 bits per heavy atom. The van der Waals surface area contributed by atoms with E-state index in [9.17, 15) is 0 Å². The van der Waals surface area contributed by atoms with E-state index in [2.05, 4.69) is 34.6 Å². The molecule has 1 fully saturated rings. The van der Waals surface area contributed by atoms with Gasteiger partial charge in [0, 0.05) is 12.5 Å². The van der Waals surface area contributed by atoms with E-state index in [4.69, 9.17) is 0 Å². The van der Waals surface area contributed by atoms with Gasteiger partial charge in [-0.3, -0.25) is 0 Å². The highest BCUT2D eigenvalue weighted by atomic mass is 15.6. The highest BCUT2D eigenvalue weighted by Crippen LogP contribution is 2.50. The Labute approximate surface area is 90.2 Å². The largest absolute Gasteiger partial charge is 0.314 e. The summed E-state index contributed by atoms with van der Waals surface area (Å²) in [6.45, 7) is 5.43. The summed E-state index contributed by atoms with van der Waals surface area (Å²) in [4.78, 5) is 1.53. The van der Waals surface area contributed by atoms with Gasteiger partial charge >= 0.3 is 0 Å². The molecule has 1 N–H and O–H groups in total. The molecular formula is C10H19N5. The molecule has 0 saturated heterocycles. The van der Waals surface area contributed by atoms with E-state index in [1.54, 1.807) is 0 Å². The molecule has 2 rings (SSSR count). The summed E-state index contributed by atoms with van der Waals surface area (Å²) in [6.07, 6.45) is 3.51. The van der Waals surface area contributed by atoms with Gasteiger partial charge in [0.25, 0.3) is 0 Å². The molecule has 5 heteroatoms. The van der Waals surface area contributed by atoms with Gasteiger partial charge < -0.3 is 5.32 Å². The first-order chi connectivity index (χ1) is 7.16. The Kier molecular flexibility index (Phi) is 2.73. The minimum atomic E-state index is 0.388. The Hall–Kier alpha value is -0.970. The molecule has 84 valence electrons. The molecule has 1 aromatic rings. The summed E-state index contributed by atoms with van der Waals surface area (Å²) in [7, 11) is 1.81. The van der Waals surface area contributed by atoms with Crippen molar-refractivity contribution in [2.24, 2.45) is 12.5 Å². The van der Waals surface area contributed by atoms with E-state index >= 15 is 0 Å². The Morgan fingerprint density at radius 1 is 1.53 bits per heavy atom. The maximum Gasteiger partial charge on any atom is 0.175 e. The molecule has 15 heavy (non-hydrogen) atoms. The topological polar surface area (TPSA) is 55.6 Å². The minimum Gasteiger partial charge on any atom is -0.314 e. The second-order valence-electron chi connectivity index (χ2n) is 4.51. The predicted octanol–water partition coefficient (Wildman–Crippen LogP) is 0.531. The first-order valence-electron chi connectivity index (χ1n) is 5.62. The van der Waals surface area contributed by atoms with Crippen molar-refractivity contribution in [1.82, 2.24) is 25.5 Å². The Bertz CT molecular complexity index is 328. The van der Waals surface area contributed by atoms with Crippen LogP contribution in [0.2, 0.25) is 0 Å². The number of hydrogen-bond donors (Lipinski definition) is 1. The zero-order valence-corrected chi connectivity index (χ0v) is 9.69. The maximum absolute atomic E-state index is 4.25. The van der Waals surface area contributed by atoms with Crippen LogP contribution in [-0.2, 0) is 13.5 Å². The minimum absolute atomic E-state index is 0.388. The van der Waals surface area contributed by atoms with Gasteiger partial charge in [-0.05, 0) is 36.9 Å². The van der Waals surface area contributed by atoms with Gasteiger partial charge in [0.05, 0.1) is 7.05 Å². The van der Waals surface area contributed by atoms with Crippen LogP contribution in [-0.4, -0.2) is 32.8 Å². The molecular weight excluding hydrogens is 190 g/mol. The average Bonchev–Trinajstić information content (AvgIpc) is 2.86. The number of aromatic nitrogens is 4. The van der Waals surface area contributed by atoms with Crippen LogP contribution in [0, 0.1) is 5.41 Å². The number of nitrogens with zero attached hydrogens (tertiary/aromatic N) is 4. The fourth-order valence-corrected chi connectivity index (χ4v) is 2.16. The third-order valence-electron chi connectivity index (χ3n) is 3.38. The highest BCUT2D eigenvalue weighted by molar-refractivity contribution is 5.05. The summed E-state index contributed by atoms with van der Waals surface area (Å²) in [5.74, 6) is 0.875. The quantitative estimate of drug-likeness (QED) is 0.768. The summed E-state index contributed by atoms with van der Waals surface area (Å²) in [5, 5.41) is 15.7. The summed E-state index contributed by atoms with van der Waals surface area (Å²) in [6, 6.07) is 0.548. The molecule has 1 aliphatic rings. The number of hydrogen-bond acceptors (Lipinski definition) is 4. The molecule has 1 saturated carbocycles. The molecule has 0 aromatic carbocycles. The molecule has 0 spiro atoms. The Morgan fingerprint density at radius 2 is 2.27 bits per heavy atom. The SMILES string of the molecule is CCNC(C)C1(Cc2nnn(C)n2)CC1. The summed E-state index contributed by atoms with van der Waals surface area (Å²) in [5.41, 5.74) is 0.388. The third kappa shape index (κ3) is 2.17. The van der Waals surface area contributed by atoms with Gasteiger partial charge in [0.15, 0.2) is 5.82 Å². The molecule has 1 unspecified atom stereocenters. The molecule has 0 radical (unpaired) electrons. The summed E-state index contributed by atoms with van der Waals surface area (Å²) < 4.78 is 0. The van der Waals surface area contributed by atoms with Crippen LogP contribution in [0.5, 0.6) is 0 Å². The van der Waals surface area contributed by atoms with Crippen LogP contribution >= 0.6 is 0 Å². The first kappa shape index (κ1) is 10.5. The van der Waals surface area contributed by atoms with Crippen LogP contribution < -0.4 is 5.32 Å². The lowest BCUT2D eigenvalue weighted by Gasteiger charge is -2.22. The number of aryl methyl sites for hydroxylation is 1. The van der Waals surface area contributed by atoms with Gasteiger partial charge in [-0.15, -0.1) is 10.2 Å². The lowest BCUT2D eigenvalue weighted by Crippen LogP contribution is -2.36. The lowest BCUT2D eigenvalue weighted by atomic mass is 9.93. The average molecular weight is 209 g/mol. The molecule has 0 amide bonds. The zero-order chi connectivity index (χ0) is 10.9.